The Balaban J connectivity index is -0.00000161. The number of carbonyl (C=O) groups excluding carboxylic acids is 10. The molecule has 4 aliphatic heterocycles. The van der Waals surface area contributed by atoms with Crippen LogP contribution in [0.4, 0.5) is 17.6 Å². The zero-order valence-electron chi connectivity index (χ0n) is 80.8. The Morgan fingerprint density at radius 1 is 0.417 bits per heavy atom. The highest BCUT2D eigenvalue weighted by Gasteiger charge is 2.67. The zero-order valence-corrected chi connectivity index (χ0v) is 80.8. The molecule has 139 heavy (non-hydrogen) atoms. The molecule has 0 amide bonds. The number of halogens is 4. The summed E-state index contributed by atoms with van der Waals surface area (Å²) in [6.45, 7) is 36.4. The molecule has 1 N–H and O–H groups in total. The van der Waals surface area contributed by atoms with Crippen molar-refractivity contribution in [1.29, 1.82) is 0 Å². The SMILES string of the molecule is C.C.C.C.C.C.C.C.C.C.C.C.CCC(C)(C)C(=O)OC1(CC)C2CC3CC(C2)CC1C3.CCC(C)(C)C(=O)OC12CC3CC(C1)CC(C(=O)OCC1(C)OCC(F)(F)C(F)(F)CO1)(C3)C2.CCC(C)(C)C(=O)OC12CC3CC(CC(O)(C3)C1)C2.CCC(C)(C)C(=O)OC1CCOC1=O.CCC(C)(C)C(=O)OCC(=O)OC1C2CC3CC(C2)C(=O)OC1C3.CCC1(OC(=O)C(C)(C)CC)CCCCC1. The van der Waals surface area contributed by atoms with Crippen molar-refractivity contribution in [1.82, 2.24) is 0 Å². The standard InChI is InChI=1S/C24H34F4O6.C18H26O6.C18H30O2.C16H26O3.C14H26O2.C10H16O4.12CH4/c1-5-19(2,3)17(29)34-22-9-15-6-16(10-22)8-21(7-15,11-22)18(30)31-12-20(4)32-13-23(25,26)24(27,28)14-33-20;1-4-18(2,3)17(21)22-9-14(19)24-15-11-5-10-6-12(8-11)16(20)23-13(15)7-10;1-5-17(3,4)16(19)20-18(6-2)14-8-12-7-13(10-14)11-15(18)9-12;1-4-14(2,3)13(17)19-16-8-11-5-12(9-16)7-15(18,6-11)10-16;1-5-13(3,4)12(15)16-14(6-2)10-8-7-9-11-14;1-4-10(2,3)9(12)14-7-5-6-13-8(7)11;;;;;;;;;;;;/h15-16H,5-14H2,1-4H3;10-13,15H,4-9H2,1-3H3;12-15H,5-11H2,1-4H3;11-12,18H,4-10H2,1-3H3;5-11H2,1-4H3;7H,4-6H2,1-3H3;12*1H4. The molecule has 0 aromatic carbocycles. The Labute approximate surface area is 842 Å². The van der Waals surface area contributed by atoms with Gasteiger partial charge in [0.1, 0.15) is 54.4 Å². The molecule has 4 heterocycles. The van der Waals surface area contributed by atoms with Crippen LogP contribution in [0.2, 0.25) is 0 Å². The van der Waals surface area contributed by atoms with Crippen LogP contribution in [0.5, 0.6) is 0 Å². The zero-order chi connectivity index (χ0) is 94.1. The van der Waals surface area contributed by atoms with E-state index in [0.29, 0.717) is 100 Å². The van der Waals surface area contributed by atoms with Crippen LogP contribution in [0, 0.1) is 103 Å². The summed E-state index contributed by atoms with van der Waals surface area (Å²) < 4.78 is 120. The molecule has 16 bridgehead atoms. The Morgan fingerprint density at radius 2 is 0.813 bits per heavy atom. The molecule has 15 saturated carbocycles. The molecule has 4 saturated heterocycles. The number of fused-ring (bicyclic) bond motifs is 1. The van der Waals surface area contributed by atoms with E-state index in [1.165, 1.54) is 64.7 Å². The van der Waals surface area contributed by atoms with Crippen LogP contribution in [0.1, 0.15) is 459 Å². The molecule has 820 valence electrons. The second-order valence-electron chi connectivity index (χ2n) is 45.8. The Kier molecular flexibility index (Phi) is 52.0. The summed E-state index contributed by atoms with van der Waals surface area (Å²) in [5.41, 5.74) is -5.64. The summed E-state index contributed by atoms with van der Waals surface area (Å²) in [5, 5.41) is 10.6. The topological polar surface area (TPSA) is 302 Å². The molecule has 27 heteroatoms. The predicted molar refractivity (Wildman–Crippen MR) is 544 cm³/mol. The number of aliphatic hydroxyl groups is 1. The average Bonchev–Trinajstić information content (AvgIpc) is 0.993. The van der Waals surface area contributed by atoms with Crippen molar-refractivity contribution in [2.24, 2.45) is 103 Å². The summed E-state index contributed by atoms with van der Waals surface area (Å²) in [5.74, 6) is -8.19. The van der Waals surface area contributed by atoms with E-state index < -0.39 is 112 Å². The van der Waals surface area contributed by atoms with E-state index in [0.717, 1.165) is 115 Å². The van der Waals surface area contributed by atoms with Crippen molar-refractivity contribution >= 4 is 59.7 Å². The van der Waals surface area contributed by atoms with E-state index in [4.69, 9.17) is 56.8 Å². The lowest BCUT2D eigenvalue weighted by molar-refractivity contribution is -0.254. The summed E-state index contributed by atoms with van der Waals surface area (Å²) in [7, 11) is 0. The molecule has 0 aromatic rings. The van der Waals surface area contributed by atoms with Crippen molar-refractivity contribution in [2.45, 2.75) is 523 Å². The maximum Gasteiger partial charge on any atom is 0.347 e. The minimum Gasteiger partial charge on any atom is -0.463 e. The number of esters is 10. The first-order valence-corrected chi connectivity index (χ1v) is 48.8. The second kappa shape index (κ2) is 52.6. The minimum atomic E-state index is -4.39. The number of alkyl halides is 4. The summed E-state index contributed by atoms with van der Waals surface area (Å²) in [6, 6.07) is 0. The highest BCUT2D eigenvalue weighted by molar-refractivity contribution is 5.84. The van der Waals surface area contributed by atoms with Gasteiger partial charge in [0.2, 0.25) is 11.9 Å². The van der Waals surface area contributed by atoms with Gasteiger partial charge in [0.15, 0.2) is 6.61 Å². The van der Waals surface area contributed by atoms with Crippen molar-refractivity contribution in [2.75, 3.05) is 33.0 Å². The van der Waals surface area contributed by atoms with Gasteiger partial charge in [-0.3, -0.25) is 38.4 Å². The summed E-state index contributed by atoms with van der Waals surface area (Å²) >= 11 is 0. The number of rotatable bonds is 25. The third kappa shape index (κ3) is 31.7. The van der Waals surface area contributed by atoms with Crippen LogP contribution in [0.3, 0.4) is 0 Å². The fourth-order valence-corrected chi connectivity index (χ4v) is 23.5. The van der Waals surface area contributed by atoms with Gasteiger partial charge >= 0.3 is 71.5 Å². The van der Waals surface area contributed by atoms with E-state index in [-0.39, 0.29) is 189 Å². The fourth-order valence-electron chi connectivity index (χ4n) is 23.5. The number of hydrogen-bond donors (Lipinski definition) is 1. The van der Waals surface area contributed by atoms with Crippen LogP contribution in [0.25, 0.3) is 0 Å². The molecule has 19 aliphatic rings. The van der Waals surface area contributed by atoms with Crippen LogP contribution in [-0.4, -0.2) is 162 Å². The molecule has 15 aliphatic carbocycles. The third-order valence-corrected chi connectivity index (χ3v) is 33.4. The Bertz CT molecular complexity index is 3820. The van der Waals surface area contributed by atoms with Gasteiger partial charge in [-0.15, -0.1) is 0 Å². The molecule has 0 aromatic heterocycles. The first-order valence-electron chi connectivity index (χ1n) is 48.8. The van der Waals surface area contributed by atoms with Crippen LogP contribution < -0.4 is 0 Å². The monoisotopic (exact) mass is 2000 g/mol. The van der Waals surface area contributed by atoms with Crippen LogP contribution in [0.15, 0.2) is 0 Å². The van der Waals surface area contributed by atoms with Crippen molar-refractivity contribution in [3.8, 4) is 0 Å². The van der Waals surface area contributed by atoms with Crippen molar-refractivity contribution in [3.63, 3.8) is 0 Å². The largest absolute Gasteiger partial charge is 0.463 e. The smallest absolute Gasteiger partial charge is 0.347 e. The normalized spacial score (nSPS) is 32.0. The van der Waals surface area contributed by atoms with Crippen LogP contribution in [-0.2, 0) is 105 Å². The number of carbonyl (C=O) groups is 10. The quantitative estimate of drug-likeness (QED) is 0.0504. The third-order valence-electron chi connectivity index (χ3n) is 33.4. The van der Waals surface area contributed by atoms with E-state index in [1.807, 2.05) is 90.0 Å². The van der Waals surface area contributed by atoms with Gasteiger partial charge < -0.3 is 61.9 Å². The van der Waals surface area contributed by atoms with Gasteiger partial charge in [-0.25, -0.2) is 9.59 Å². The van der Waals surface area contributed by atoms with Gasteiger partial charge in [0, 0.05) is 25.2 Å². The van der Waals surface area contributed by atoms with E-state index in [2.05, 4.69) is 20.8 Å². The molecule has 19 rings (SSSR count). The number of cyclic esters (lactones) is 1. The van der Waals surface area contributed by atoms with Crippen LogP contribution >= 0.6 is 0 Å². The highest BCUT2D eigenvalue weighted by atomic mass is 19.3. The molecular formula is C112H206F4O23. The van der Waals surface area contributed by atoms with Gasteiger partial charge in [-0.05, 0) is 342 Å². The van der Waals surface area contributed by atoms with E-state index in [9.17, 15) is 70.6 Å². The maximum atomic E-state index is 13.6. The first-order chi connectivity index (χ1) is 58.9. The fraction of sp³-hybridized carbons (Fsp3) is 0.911. The Morgan fingerprint density at radius 3 is 1.22 bits per heavy atom. The minimum absolute atomic E-state index is 0. The lowest BCUT2D eigenvalue weighted by atomic mass is 9.48. The molecule has 23 nitrogen and oxygen atoms in total. The number of hydrogen-bond acceptors (Lipinski definition) is 23. The van der Waals surface area contributed by atoms with Crippen molar-refractivity contribution < 1.29 is 127 Å². The summed E-state index contributed by atoms with van der Waals surface area (Å²) in [4.78, 5) is 122. The lowest BCUT2D eigenvalue weighted by Gasteiger charge is -2.60. The summed E-state index contributed by atoms with van der Waals surface area (Å²) in [6.07, 6.45) is 30.8. The predicted octanol–water partition coefficient (Wildman–Crippen LogP) is 27.7. The number of ether oxygens (including phenoxy) is 12. The van der Waals surface area contributed by atoms with Crippen molar-refractivity contribution in [3.05, 3.63) is 0 Å². The lowest BCUT2D eigenvalue weighted by Crippen LogP contribution is -2.61. The van der Waals surface area contributed by atoms with E-state index >= 15 is 0 Å². The Hall–Kier alpha value is -5.70. The first kappa shape index (κ1) is 137. The molecule has 0 radical (unpaired) electrons. The van der Waals surface area contributed by atoms with Gasteiger partial charge in [-0.2, -0.15) is 17.6 Å². The second-order valence-corrected chi connectivity index (χ2v) is 45.8. The van der Waals surface area contributed by atoms with Gasteiger partial charge in [0.25, 0.3) is 0 Å². The van der Waals surface area contributed by atoms with E-state index in [1.54, 1.807) is 27.7 Å². The molecule has 0 spiro atoms. The highest BCUT2D eigenvalue weighted by Crippen LogP contribution is 2.65. The van der Waals surface area contributed by atoms with Gasteiger partial charge in [-0.1, -0.05) is 151 Å². The molecular weight excluding hydrogens is 1790 g/mol. The molecule has 19 fully saturated rings. The van der Waals surface area contributed by atoms with Gasteiger partial charge in [0.05, 0.1) is 56.0 Å². The molecule has 10 unspecified atom stereocenters. The maximum absolute atomic E-state index is 13.6. The molecule has 10 atom stereocenters. The average molecular weight is 2000 g/mol.